The first-order chi connectivity index (χ1) is 12.7. The molecule has 0 heterocycles. The second kappa shape index (κ2) is 20.2. The van der Waals surface area contributed by atoms with E-state index in [9.17, 15) is 9.59 Å². The zero-order valence-corrected chi connectivity index (χ0v) is 16.9. The summed E-state index contributed by atoms with van der Waals surface area (Å²) < 4.78 is 9.89. The molecule has 0 aliphatic rings. The predicted molar refractivity (Wildman–Crippen MR) is 105 cm³/mol. The van der Waals surface area contributed by atoms with Gasteiger partial charge in [-0.2, -0.15) is 0 Å². The molecule has 0 aliphatic carbocycles. The lowest BCUT2D eigenvalue weighted by Crippen LogP contribution is -2.24. The maximum atomic E-state index is 11.6. The van der Waals surface area contributed by atoms with Crippen LogP contribution in [0.1, 0.15) is 77.0 Å². The molecule has 0 spiro atoms. The number of methoxy groups -OCH3 is 2. The third-order valence-electron chi connectivity index (χ3n) is 4.25. The van der Waals surface area contributed by atoms with Crippen LogP contribution in [0.3, 0.4) is 0 Å². The standard InChI is InChI=1S/C20H40N2O4/c1-25-17-11-15-21-19(23)13-9-7-5-3-4-6-8-10-14-20(24)22-16-12-18-26-2/h3-18H2,1-2H3,(H,21,23)(H,22,24). The molecule has 0 aromatic heterocycles. The Bertz CT molecular complexity index is 306. The summed E-state index contributed by atoms with van der Waals surface area (Å²) in [6, 6.07) is 0. The number of unbranched alkanes of at least 4 members (excludes halogenated alkanes) is 7. The van der Waals surface area contributed by atoms with Crippen LogP contribution in [0.4, 0.5) is 0 Å². The van der Waals surface area contributed by atoms with E-state index in [2.05, 4.69) is 10.6 Å². The summed E-state index contributed by atoms with van der Waals surface area (Å²) in [5.74, 6) is 0.309. The van der Waals surface area contributed by atoms with Crippen molar-refractivity contribution in [1.29, 1.82) is 0 Å². The van der Waals surface area contributed by atoms with Gasteiger partial charge in [-0.05, 0) is 25.7 Å². The van der Waals surface area contributed by atoms with Gasteiger partial charge < -0.3 is 20.1 Å². The quantitative estimate of drug-likeness (QED) is 0.341. The molecule has 26 heavy (non-hydrogen) atoms. The van der Waals surface area contributed by atoms with Gasteiger partial charge in [-0.3, -0.25) is 9.59 Å². The van der Waals surface area contributed by atoms with Crippen molar-refractivity contribution in [1.82, 2.24) is 10.6 Å². The highest BCUT2D eigenvalue weighted by Crippen LogP contribution is 2.10. The first-order valence-corrected chi connectivity index (χ1v) is 10.2. The number of hydrogen-bond acceptors (Lipinski definition) is 4. The van der Waals surface area contributed by atoms with Crippen molar-refractivity contribution in [2.24, 2.45) is 0 Å². The van der Waals surface area contributed by atoms with Gasteiger partial charge in [-0.25, -0.2) is 0 Å². The molecule has 0 radical (unpaired) electrons. The van der Waals surface area contributed by atoms with Crippen LogP contribution < -0.4 is 10.6 Å². The van der Waals surface area contributed by atoms with Crippen LogP contribution in [0.5, 0.6) is 0 Å². The third kappa shape index (κ3) is 19.2. The molecule has 0 rings (SSSR count). The summed E-state index contributed by atoms with van der Waals surface area (Å²) in [7, 11) is 3.34. The van der Waals surface area contributed by atoms with Gasteiger partial charge in [-0.1, -0.05) is 38.5 Å². The third-order valence-corrected chi connectivity index (χ3v) is 4.25. The summed E-state index contributed by atoms with van der Waals surface area (Å²) in [5.41, 5.74) is 0. The first kappa shape index (κ1) is 24.9. The number of nitrogens with one attached hydrogen (secondary N) is 2. The topological polar surface area (TPSA) is 76.7 Å². The number of carbonyl (C=O) groups excluding carboxylic acids is 2. The zero-order valence-electron chi connectivity index (χ0n) is 16.9. The molecule has 6 nitrogen and oxygen atoms in total. The van der Waals surface area contributed by atoms with Gasteiger partial charge in [0.15, 0.2) is 0 Å². The Morgan fingerprint density at radius 3 is 1.27 bits per heavy atom. The van der Waals surface area contributed by atoms with Crippen molar-refractivity contribution in [3.63, 3.8) is 0 Å². The Labute approximate surface area is 159 Å². The van der Waals surface area contributed by atoms with Crippen LogP contribution in [0.25, 0.3) is 0 Å². The average Bonchev–Trinajstić information content (AvgIpc) is 2.64. The Morgan fingerprint density at radius 2 is 0.923 bits per heavy atom. The lowest BCUT2D eigenvalue weighted by molar-refractivity contribution is -0.122. The number of carbonyl (C=O) groups is 2. The molecule has 154 valence electrons. The zero-order chi connectivity index (χ0) is 19.3. The molecule has 0 fully saturated rings. The number of ether oxygens (including phenoxy) is 2. The largest absolute Gasteiger partial charge is 0.385 e. The Hall–Kier alpha value is -1.14. The van der Waals surface area contributed by atoms with Crippen molar-refractivity contribution >= 4 is 11.8 Å². The van der Waals surface area contributed by atoms with E-state index in [-0.39, 0.29) is 11.8 Å². The molecule has 0 saturated carbocycles. The molecule has 2 N–H and O–H groups in total. The normalized spacial score (nSPS) is 10.7. The van der Waals surface area contributed by atoms with Gasteiger partial charge in [0.1, 0.15) is 0 Å². The second-order valence-electron chi connectivity index (χ2n) is 6.72. The van der Waals surface area contributed by atoms with Crippen molar-refractivity contribution < 1.29 is 19.1 Å². The molecule has 2 amide bonds. The van der Waals surface area contributed by atoms with Crippen molar-refractivity contribution in [2.45, 2.75) is 77.0 Å². The first-order valence-electron chi connectivity index (χ1n) is 10.2. The van der Waals surface area contributed by atoms with E-state index in [4.69, 9.17) is 9.47 Å². The molecule has 0 atom stereocenters. The Morgan fingerprint density at radius 1 is 0.577 bits per heavy atom. The van der Waals surface area contributed by atoms with Crippen LogP contribution in [0.2, 0.25) is 0 Å². The van der Waals surface area contributed by atoms with E-state index in [1.807, 2.05) is 0 Å². The highest BCUT2D eigenvalue weighted by molar-refractivity contribution is 5.76. The van der Waals surface area contributed by atoms with E-state index in [1.54, 1.807) is 14.2 Å². The van der Waals surface area contributed by atoms with E-state index >= 15 is 0 Å². The number of amides is 2. The number of hydrogen-bond donors (Lipinski definition) is 2. The second-order valence-corrected chi connectivity index (χ2v) is 6.72. The number of rotatable bonds is 19. The van der Waals surface area contributed by atoms with Crippen LogP contribution in [0, 0.1) is 0 Å². The minimum Gasteiger partial charge on any atom is -0.385 e. The van der Waals surface area contributed by atoms with E-state index in [0.29, 0.717) is 39.1 Å². The summed E-state index contributed by atoms with van der Waals surface area (Å²) >= 11 is 0. The van der Waals surface area contributed by atoms with Crippen molar-refractivity contribution in [3.8, 4) is 0 Å². The minimum atomic E-state index is 0.154. The maximum absolute atomic E-state index is 11.6. The van der Waals surface area contributed by atoms with Crippen LogP contribution in [-0.2, 0) is 19.1 Å². The molecular formula is C20H40N2O4. The smallest absolute Gasteiger partial charge is 0.219 e. The van der Waals surface area contributed by atoms with Crippen molar-refractivity contribution in [2.75, 3.05) is 40.5 Å². The van der Waals surface area contributed by atoms with E-state index < -0.39 is 0 Å². The maximum Gasteiger partial charge on any atom is 0.219 e. The monoisotopic (exact) mass is 372 g/mol. The van der Waals surface area contributed by atoms with E-state index in [1.165, 1.54) is 25.7 Å². The van der Waals surface area contributed by atoms with Gasteiger partial charge in [-0.15, -0.1) is 0 Å². The molecule has 0 aromatic carbocycles. The summed E-state index contributed by atoms with van der Waals surface area (Å²) in [6.45, 7) is 2.80. The highest BCUT2D eigenvalue weighted by atomic mass is 16.5. The summed E-state index contributed by atoms with van der Waals surface area (Å²) in [5, 5.41) is 5.83. The van der Waals surface area contributed by atoms with Gasteiger partial charge in [0.2, 0.25) is 11.8 Å². The average molecular weight is 373 g/mol. The minimum absolute atomic E-state index is 0.154. The molecule has 0 saturated heterocycles. The molecular weight excluding hydrogens is 332 g/mol. The fraction of sp³-hybridized carbons (Fsp3) is 0.900. The van der Waals surface area contributed by atoms with Crippen LogP contribution in [-0.4, -0.2) is 52.3 Å². The van der Waals surface area contributed by atoms with Crippen LogP contribution in [0.15, 0.2) is 0 Å². The fourth-order valence-corrected chi connectivity index (χ4v) is 2.70. The van der Waals surface area contributed by atoms with Crippen molar-refractivity contribution in [3.05, 3.63) is 0 Å². The van der Waals surface area contributed by atoms with Gasteiger partial charge >= 0.3 is 0 Å². The Kier molecular flexibility index (Phi) is 19.3. The molecule has 0 aliphatic heterocycles. The van der Waals surface area contributed by atoms with Gasteiger partial charge in [0.05, 0.1) is 0 Å². The molecule has 0 bridgehead atoms. The highest BCUT2D eigenvalue weighted by Gasteiger charge is 2.01. The van der Waals surface area contributed by atoms with Crippen LogP contribution >= 0.6 is 0 Å². The predicted octanol–water partition coefficient (Wildman–Crippen LogP) is 3.19. The molecule has 0 unspecified atom stereocenters. The lowest BCUT2D eigenvalue weighted by Gasteiger charge is -2.06. The Balaban J connectivity index is 3.21. The summed E-state index contributed by atoms with van der Waals surface area (Å²) in [6.07, 6.45) is 12.0. The lowest BCUT2D eigenvalue weighted by atomic mass is 10.1. The fourth-order valence-electron chi connectivity index (χ4n) is 2.70. The molecule has 6 heteroatoms. The SMILES string of the molecule is COCCCNC(=O)CCCCCCCCCCC(=O)NCCCOC. The van der Waals surface area contributed by atoms with Gasteiger partial charge in [0.25, 0.3) is 0 Å². The van der Waals surface area contributed by atoms with Gasteiger partial charge in [0, 0.05) is 53.4 Å². The summed E-state index contributed by atoms with van der Waals surface area (Å²) in [4.78, 5) is 23.2. The molecule has 0 aromatic rings. The van der Waals surface area contributed by atoms with E-state index in [0.717, 1.165) is 38.5 Å².